The topological polar surface area (TPSA) is 24.1 Å². The summed E-state index contributed by atoms with van der Waals surface area (Å²) in [6, 6.07) is 9.09. The molecule has 1 aromatic carbocycles. The predicted molar refractivity (Wildman–Crippen MR) is 64.3 cm³/mol. The monoisotopic (exact) mass is 224 g/mol. The lowest BCUT2D eigenvalue weighted by Crippen LogP contribution is -2.40. The van der Waals surface area contributed by atoms with Crippen LogP contribution in [-0.2, 0) is 0 Å². The van der Waals surface area contributed by atoms with E-state index in [0.717, 1.165) is 18.0 Å². The molecule has 2 N–H and O–H groups in total. The van der Waals surface area contributed by atoms with Gasteiger partial charge in [-0.15, -0.1) is 0 Å². The predicted octanol–water partition coefficient (Wildman–Crippen LogP) is 2.35. The maximum absolute atomic E-state index is 6.19. The Hall–Kier alpha value is -0.570. The van der Waals surface area contributed by atoms with Crippen molar-refractivity contribution in [2.75, 3.05) is 13.6 Å². The Morgan fingerprint density at radius 2 is 2.20 bits per heavy atom. The molecule has 0 amide bonds. The van der Waals surface area contributed by atoms with E-state index in [1.807, 2.05) is 25.2 Å². The lowest BCUT2D eigenvalue weighted by molar-refractivity contribution is 0.337. The zero-order chi connectivity index (χ0) is 10.7. The van der Waals surface area contributed by atoms with E-state index < -0.39 is 0 Å². The molecule has 15 heavy (non-hydrogen) atoms. The third-order valence-electron chi connectivity index (χ3n) is 3.09. The third kappa shape index (κ3) is 2.51. The van der Waals surface area contributed by atoms with Crippen LogP contribution in [0.15, 0.2) is 24.3 Å². The first-order chi connectivity index (χ1) is 7.31. The number of nitrogens with one attached hydrogen (secondary N) is 2. The average molecular weight is 225 g/mol. The maximum atomic E-state index is 6.19. The van der Waals surface area contributed by atoms with Gasteiger partial charge in [-0.1, -0.05) is 29.8 Å². The molecule has 3 heteroatoms. The fourth-order valence-corrected chi connectivity index (χ4v) is 2.44. The van der Waals surface area contributed by atoms with E-state index in [-0.39, 0.29) is 0 Å². The fraction of sp³-hybridized carbons (Fsp3) is 0.500. The van der Waals surface area contributed by atoms with Crippen molar-refractivity contribution < 1.29 is 0 Å². The first-order valence-corrected chi connectivity index (χ1v) is 5.84. The lowest BCUT2D eigenvalue weighted by Gasteiger charge is -2.30. The molecule has 1 aromatic rings. The van der Waals surface area contributed by atoms with Crippen LogP contribution in [0.2, 0.25) is 5.02 Å². The molecule has 1 saturated heterocycles. The summed E-state index contributed by atoms with van der Waals surface area (Å²) in [6.07, 6.45) is 2.30. The third-order valence-corrected chi connectivity index (χ3v) is 3.44. The summed E-state index contributed by atoms with van der Waals surface area (Å²) in [4.78, 5) is 0. The van der Waals surface area contributed by atoms with E-state index >= 15 is 0 Å². The Balaban J connectivity index is 2.13. The summed E-state index contributed by atoms with van der Waals surface area (Å²) < 4.78 is 0. The van der Waals surface area contributed by atoms with Crippen molar-refractivity contribution in [3.63, 3.8) is 0 Å². The highest BCUT2D eigenvalue weighted by atomic mass is 35.5. The van der Waals surface area contributed by atoms with Crippen molar-refractivity contribution in [3.8, 4) is 0 Å². The minimum atomic E-state index is 0.393. The minimum Gasteiger partial charge on any atom is -0.317 e. The van der Waals surface area contributed by atoms with Crippen LogP contribution >= 0.6 is 11.6 Å². The van der Waals surface area contributed by atoms with Gasteiger partial charge in [-0.25, -0.2) is 0 Å². The zero-order valence-corrected chi connectivity index (χ0v) is 9.72. The number of halogens is 1. The summed E-state index contributed by atoms with van der Waals surface area (Å²) in [5.74, 6) is 0. The van der Waals surface area contributed by atoms with Gasteiger partial charge in [0, 0.05) is 17.1 Å². The number of hydrogen-bond acceptors (Lipinski definition) is 2. The molecule has 0 spiro atoms. The molecule has 2 unspecified atom stereocenters. The number of benzene rings is 1. The molecular weight excluding hydrogens is 208 g/mol. The summed E-state index contributed by atoms with van der Waals surface area (Å²) in [5.41, 5.74) is 1.22. The van der Waals surface area contributed by atoms with Crippen molar-refractivity contribution >= 4 is 11.6 Å². The number of piperidine rings is 1. The molecule has 2 atom stereocenters. The van der Waals surface area contributed by atoms with E-state index in [9.17, 15) is 0 Å². The summed E-state index contributed by atoms with van der Waals surface area (Å²) in [5, 5.41) is 7.72. The number of hydrogen-bond donors (Lipinski definition) is 2. The largest absolute Gasteiger partial charge is 0.317 e. The molecule has 0 aromatic heterocycles. The lowest BCUT2D eigenvalue weighted by atomic mass is 9.94. The van der Waals surface area contributed by atoms with E-state index in [2.05, 4.69) is 16.7 Å². The molecule has 2 rings (SSSR count). The molecule has 1 aliphatic rings. The molecule has 0 saturated carbocycles. The normalized spacial score (nSPS) is 26.5. The van der Waals surface area contributed by atoms with Crippen LogP contribution in [0.5, 0.6) is 0 Å². The van der Waals surface area contributed by atoms with Gasteiger partial charge in [-0.2, -0.15) is 0 Å². The van der Waals surface area contributed by atoms with Crippen molar-refractivity contribution in [1.82, 2.24) is 10.6 Å². The second-order valence-corrected chi connectivity index (χ2v) is 4.45. The van der Waals surface area contributed by atoms with Gasteiger partial charge in [0.1, 0.15) is 0 Å². The van der Waals surface area contributed by atoms with Gasteiger partial charge in [-0.05, 0) is 38.1 Å². The molecular formula is C12H17ClN2. The second kappa shape index (κ2) is 4.97. The van der Waals surface area contributed by atoms with E-state index in [1.54, 1.807) is 0 Å². The molecule has 0 radical (unpaired) electrons. The smallest absolute Gasteiger partial charge is 0.0453 e. The highest BCUT2D eigenvalue weighted by Crippen LogP contribution is 2.28. The highest BCUT2D eigenvalue weighted by molar-refractivity contribution is 6.31. The van der Waals surface area contributed by atoms with Gasteiger partial charge in [0.2, 0.25) is 0 Å². The van der Waals surface area contributed by atoms with Crippen LogP contribution in [0.25, 0.3) is 0 Å². The van der Waals surface area contributed by atoms with Crippen LogP contribution in [0.1, 0.15) is 24.4 Å². The standard InChI is InChI=1S/C12H17ClN2/c1-14-9-6-7-15-12(8-9)10-4-2-3-5-11(10)13/h2-5,9,12,14-15H,6-8H2,1H3. The Kier molecular flexibility index (Phi) is 3.62. The van der Waals surface area contributed by atoms with Crippen molar-refractivity contribution in [2.45, 2.75) is 24.9 Å². The van der Waals surface area contributed by atoms with Gasteiger partial charge < -0.3 is 10.6 Å². The van der Waals surface area contributed by atoms with Crippen LogP contribution < -0.4 is 10.6 Å². The van der Waals surface area contributed by atoms with Gasteiger partial charge in [0.05, 0.1) is 0 Å². The summed E-state index contributed by atoms with van der Waals surface area (Å²) in [7, 11) is 2.03. The quantitative estimate of drug-likeness (QED) is 0.806. The van der Waals surface area contributed by atoms with Crippen LogP contribution in [0, 0.1) is 0 Å². The molecule has 2 nitrogen and oxygen atoms in total. The Morgan fingerprint density at radius 3 is 2.93 bits per heavy atom. The Labute approximate surface area is 96.0 Å². The Morgan fingerprint density at radius 1 is 1.40 bits per heavy atom. The SMILES string of the molecule is CNC1CCNC(c2ccccc2Cl)C1. The van der Waals surface area contributed by atoms with Gasteiger partial charge >= 0.3 is 0 Å². The Bertz CT molecular complexity index is 327. The van der Waals surface area contributed by atoms with Crippen molar-refractivity contribution in [2.24, 2.45) is 0 Å². The molecule has 1 aliphatic heterocycles. The molecule has 0 bridgehead atoms. The molecule has 1 fully saturated rings. The zero-order valence-electron chi connectivity index (χ0n) is 8.96. The van der Waals surface area contributed by atoms with Crippen LogP contribution in [-0.4, -0.2) is 19.6 Å². The van der Waals surface area contributed by atoms with E-state index in [4.69, 9.17) is 11.6 Å². The summed E-state index contributed by atoms with van der Waals surface area (Å²) >= 11 is 6.19. The van der Waals surface area contributed by atoms with Gasteiger partial charge in [0.15, 0.2) is 0 Å². The first kappa shape index (κ1) is 10.9. The first-order valence-electron chi connectivity index (χ1n) is 5.46. The van der Waals surface area contributed by atoms with Crippen LogP contribution in [0.3, 0.4) is 0 Å². The molecule has 0 aliphatic carbocycles. The van der Waals surface area contributed by atoms with E-state index in [1.165, 1.54) is 12.0 Å². The summed E-state index contributed by atoms with van der Waals surface area (Å²) in [6.45, 7) is 1.06. The highest BCUT2D eigenvalue weighted by Gasteiger charge is 2.22. The molecule has 1 heterocycles. The maximum Gasteiger partial charge on any atom is 0.0453 e. The average Bonchev–Trinajstić information content (AvgIpc) is 2.30. The minimum absolute atomic E-state index is 0.393. The molecule has 82 valence electrons. The van der Waals surface area contributed by atoms with E-state index in [0.29, 0.717) is 12.1 Å². The van der Waals surface area contributed by atoms with Crippen molar-refractivity contribution in [3.05, 3.63) is 34.9 Å². The fourth-order valence-electron chi connectivity index (χ4n) is 2.17. The van der Waals surface area contributed by atoms with Gasteiger partial charge in [-0.3, -0.25) is 0 Å². The number of rotatable bonds is 2. The van der Waals surface area contributed by atoms with Crippen LogP contribution in [0.4, 0.5) is 0 Å². The van der Waals surface area contributed by atoms with Crippen molar-refractivity contribution in [1.29, 1.82) is 0 Å². The van der Waals surface area contributed by atoms with Gasteiger partial charge in [0.25, 0.3) is 0 Å². The second-order valence-electron chi connectivity index (χ2n) is 4.04.